The van der Waals surface area contributed by atoms with Crippen molar-refractivity contribution >= 4 is 5.91 Å². The summed E-state index contributed by atoms with van der Waals surface area (Å²) in [6.45, 7) is 3.64. The maximum atomic E-state index is 12.4. The Labute approximate surface area is 113 Å². The molecule has 1 saturated heterocycles. The van der Waals surface area contributed by atoms with Gasteiger partial charge in [-0.1, -0.05) is 13.3 Å². The number of rotatable bonds is 2. The highest BCUT2D eigenvalue weighted by Crippen LogP contribution is 2.26. The normalized spacial score (nSPS) is 20.1. The summed E-state index contributed by atoms with van der Waals surface area (Å²) in [7, 11) is 0. The van der Waals surface area contributed by atoms with E-state index >= 15 is 0 Å². The summed E-state index contributed by atoms with van der Waals surface area (Å²) < 4.78 is 0. The van der Waals surface area contributed by atoms with Crippen molar-refractivity contribution < 1.29 is 15.0 Å². The maximum absolute atomic E-state index is 12.4. The monoisotopic (exact) mass is 263 g/mol. The Morgan fingerprint density at radius 3 is 2.84 bits per heavy atom. The third-order valence-electron chi connectivity index (χ3n) is 3.92. The molecule has 1 aromatic rings. The zero-order valence-electron chi connectivity index (χ0n) is 11.3. The Morgan fingerprint density at radius 1 is 1.32 bits per heavy atom. The van der Waals surface area contributed by atoms with Crippen LogP contribution in [-0.4, -0.2) is 34.1 Å². The van der Waals surface area contributed by atoms with Crippen LogP contribution in [0.4, 0.5) is 0 Å². The van der Waals surface area contributed by atoms with Gasteiger partial charge in [-0.15, -0.1) is 0 Å². The van der Waals surface area contributed by atoms with E-state index in [9.17, 15) is 15.0 Å². The van der Waals surface area contributed by atoms with Crippen LogP contribution in [0.25, 0.3) is 0 Å². The molecule has 19 heavy (non-hydrogen) atoms. The first-order valence-corrected chi connectivity index (χ1v) is 6.93. The van der Waals surface area contributed by atoms with Crippen molar-refractivity contribution in [3.8, 4) is 11.5 Å². The molecule has 1 aliphatic rings. The number of benzene rings is 1. The van der Waals surface area contributed by atoms with Crippen molar-refractivity contribution in [2.75, 3.05) is 13.1 Å². The summed E-state index contributed by atoms with van der Waals surface area (Å²) in [5, 5.41) is 19.2. The van der Waals surface area contributed by atoms with Crippen molar-refractivity contribution in [2.45, 2.75) is 32.6 Å². The topological polar surface area (TPSA) is 60.8 Å². The molecule has 0 spiro atoms. The molecule has 1 amide bonds. The molecule has 1 heterocycles. The molecule has 2 rings (SSSR count). The van der Waals surface area contributed by atoms with Gasteiger partial charge in [-0.05, 0) is 43.4 Å². The molecule has 2 N–H and O–H groups in total. The molecule has 4 heteroatoms. The van der Waals surface area contributed by atoms with Gasteiger partial charge in [-0.25, -0.2) is 0 Å². The van der Waals surface area contributed by atoms with Crippen LogP contribution in [0.3, 0.4) is 0 Å². The van der Waals surface area contributed by atoms with E-state index in [1.807, 2.05) is 0 Å². The molecular weight excluding hydrogens is 242 g/mol. The third kappa shape index (κ3) is 3.19. The first-order chi connectivity index (χ1) is 9.11. The second-order valence-corrected chi connectivity index (χ2v) is 5.20. The maximum Gasteiger partial charge on any atom is 0.257 e. The highest BCUT2D eigenvalue weighted by Gasteiger charge is 2.22. The summed E-state index contributed by atoms with van der Waals surface area (Å²) >= 11 is 0. The average Bonchev–Trinajstić information content (AvgIpc) is 2.66. The number of nitrogens with zero attached hydrogens (tertiary/aromatic N) is 1. The molecule has 0 aliphatic carbocycles. The number of likely N-dealkylation sites (tertiary alicyclic amines) is 1. The van der Waals surface area contributed by atoms with Gasteiger partial charge in [-0.2, -0.15) is 0 Å². The number of carbonyl (C=O) groups is 1. The van der Waals surface area contributed by atoms with E-state index in [2.05, 4.69) is 6.92 Å². The van der Waals surface area contributed by atoms with Crippen molar-refractivity contribution in [3.63, 3.8) is 0 Å². The Morgan fingerprint density at radius 2 is 2.11 bits per heavy atom. The highest BCUT2D eigenvalue weighted by atomic mass is 16.3. The highest BCUT2D eigenvalue weighted by molar-refractivity contribution is 5.97. The van der Waals surface area contributed by atoms with Gasteiger partial charge in [0.15, 0.2) is 0 Å². The predicted octanol–water partition coefficient (Wildman–Crippen LogP) is 2.75. The minimum atomic E-state index is -0.190. The summed E-state index contributed by atoms with van der Waals surface area (Å²) in [5.74, 6) is 0.433. The van der Waals surface area contributed by atoms with Gasteiger partial charge in [0.1, 0.15) is 11.5 Å². The smallest absolute Gasteiger partial charge is 0.257 e. The van der Waals surface area contributed by atoms with Crippen molar-refractivity contribution in [3.05, 3.63) is 23.8 Å². The fraction of sp³-hybridized carbons (Fsp3) is 0.533. The number of phenols is 2. The molecule has 1 fully saturated rings. The number of hydrogen-bond acceptors (Lipinski definition) is 3. The van der Waals surface area contributed by atoms with E-state index in [1.165, 1.54) is 18.2 Å². The number of phenolic OH excluding ortho intramolecular Hbond substituents is 2. The lowest BCUT2D eigenvalue weighted by atomic mass is 9.98. The first-order valence-electron chi connectivity index (χ1n) is 6.93. The number of hydrogen-bond donors (Lipinski definition) is 2. The van der Waals surface area contributed by atoms with Crippen LogP contribution >= 0.6 is 0 Å². The molecule has 4 nitrogen and oxygen atoms in total. The quantitative estimate of drug-likeness (QED) is 0.806. The van der Waals surface area contributed by atoms with Crippen LogP contribution in [0.2, 0.25) is 0 Å². The Bertz CT molecular complexity index is 459. The fourth-order valence-corrected chi connectivity index (χ4v) is 2.64. The molecule has 0 aromatic heterocycles. The summed E-state index contributed by atoms with van der Waals surface area (Å²) in [5.41, 5.74) is 0.190. The van der Waals surface area contributed by atoms with Gasteiger partial charge in [0.2, 0.25) is 0 Å². The van der Waals surface area contributed by atoms with Crippen molar-refractivity contribution in [1.29, 1.82) is 0 Å². The predicted molar refractivity (Wildman–Crippen MR) is 73.3 cm³/mol. The van der Waals surface area contributed by atoms with Gasteiger partial charge >= 0.3 is 0 Å². The molecule has 1 aliphatic heterocycles. The average molecular weight is 263 g/mol. The molecule has 0 saturated carbocycles. The van der Waals surface area contributed by atoms with Crippen LogP contribution in [0.1, 0.15) is 43.0 Å². The molecule has 1 aromatic carbocycles. The van der Waals surface area contributed by atoms with E-state index in [4.69, 9.17) is 0 Å². The molecule has 1 atom stereocenters. The van der Waals surface area contributed by atoms with Crippen LogP contribution in [0, 0.1) is 5.92 Å². The standard InChI is InChI=1S/C15H21NO3/c1-2-11-4-3-8-16(9-7-11)15(19)13-10-12(17)5-6-14(13)18/h5-6,10-11,17-18H,2-4,7-9H2,1H3. The molecule has 0 bridgehead atoms. The lowest BCUT2D eigenvalue weighted by Crippen LogP contribution is -2.32. The van der Waals surface area contributed by atoms with Crippen molar-refractivity contribution in [2.24, 2.45) is 5.92 Å². The summed E-state index contributed by atoms with van der Waals surface area (Å²) in [6.07, 6.45) is 4.33. The lowest BCUT2D eigenvalue weighted by Gasteiger charge is -2.21. The number of amides is 1. The van der Waals surface area contributed by atoms with Crippen LogP contribution in [-0.2, 0) is 0 Å². The third-order valence-corrected chi connectivity index (χ3v) is 3.92. The SMILES string of the molecule is CCC1CCCN(C(=O)c2cc(O)ccc2O)CC1. The van der Waals surface area contributed by atoms with E-state index < -0.39 is 0 Å². The minimum absolute atomic E-state index is 0.00223. The number of aromatic hydroxyl groups is 2. The van der Waals surface area contributed by atoms with Gasteiger partial charge in [-0.3, -0.25) is 4.79 Å². The van der Waals surface area contributed by atoms with E-state index in [0.717, 1.165) is 38.8 Å². The summed E-state index contributed by atoms with van der Waals surface area (Å²) in [4.78, 5) is 14.2. The van der Waals surface area contributed by atoms with E-state index in [1.54, 1.807) is 4.90 Å². The van der Waals surface area contributed by atoms with Crippen LogP contribution < -0.4 is 0 Å². The largest absolute Gasteiger partial charge is 0.508 e. The van der Waals surface area contributed by atoms with Gasteiger partial charge in [0.05, 0.1) is 5.56 Å². The van der Waals surface area contributed by atoms with Gasteiger partial charge in [0, 0.05) is 13.1 Å². The second-order valence-electron chi connectivity index (χ2n) is 5.20. The Kier molecular flexibility index (Phi) is 4.30. The van der Waals surface area contributed by atoms with Gasteiger partial charge in [0.25, 0.3) is 5.91 Å². The lowest BCUT2D eigenvalue weighted by molar-refractivity contribution is 0.0756. The van der Waals surface area contributed by atoms with E-state index in [0.29, 0.717) is 5.92 Å². The minimum Gasteiger partial charge on any atom is -0.508 e. The Hall–Kier alpha value is -1.71. The molecular formula is C15H21NO3. The second kappa shape index (κ2) is 5.95. The van der Waals surface area contributed by atoms with Crippen LogP contribution in [0.5, 0.6) is 11.5 Å². The molecule has 0 radical (unpaired) electrons. The number of carbonyl (C=O) groups excluding carboxylic acids is 1. The fourth-order valence-electron chi connectivity index (χ4n) is 2.64. The van der Waals surface area contributed by atoms with E-state index in [-0.39, 0.29) is 23.0 Å². The first kappa shape index (κ1) is 13.7. The molecule has 1 unspecified atom stereocenters. The summed E-state index contributed by atoms with van der Waals surface area (Å²) in [6, 6.07) is 4.07. The zero-order chi connectivity index (χ0) is 13.8. The zero-order valence-corrected chi connectivity index (χ0v) is 11.3. The van der Waals surface area contributed by atoms with Crippen LogP contribution in [0.15, 0.2) is 18.2 Å². The Balaban J connectivity index is 2.13. The molecule has 104 valence electrons. The van der Waals surface area contributed by atoms with Crippen molar-refractivity contribution in [1.82, 2.24) is 4.90 Å². The van der Waals surface area contributed by atoms with Gasteiger partial charge < -0.3 is 15.1 Å².